The van der Waals surface area contributed by atoms with Crippen LogP contribution in [0.3, 0.4) is 0 Å². The fourth-order valence-electron chi connectivity index (χ4n) is 4.98. The van der Waals surface area contributed by atoms with E-state index < -0.39 is 6.04 Å². The standard InChI is InChI=1S/C14H21N3O2.C14H22N2O.2C2H6/c1-15-11-12-9-13(16-7-3-2-4-8-16)5-6-14(10-12)17(18)19;1-4-7-13(16-14(17)10-15-3)12-9-6-5-8-11(12)2;2*1-2/h5-6,9,12,14H,1-4,7-8,10-11H2;5,8,10,13H,4,6-7,9H2,1-3H3,(H,16,17);2*1-2H3/t;13-;;/m.0../s1. The van der Waals surface area contributed by atoms with Crippen molar-refractivity contribution in [1.29, 1.82) is 0 Å². The van der Waals surface area contributed by atoms with Crippen LogP contribution in [-0.2, 0) is 4.79 Å². The van der Waals surface area contributed by atoms with Gasteiger partial charge in [-0.1, -0.05) is 64.8 Å². The molecule has 1 amide bonds. The second-order valence-corrected chi connectivity index (χ2v) is 9.64. The number of amides is 1. The van der Waals surface area contributed by atoms with E-state index in [2.05, 4.69) is 59.0 Å². The molecule has 0 saturated carbocycles. The predicted molar refractivity (Wildman–Crippen MR) is 171 cm³/mol. The average Bonchev–Trinajstić information content (AvgIpc) is 3.20. The van der Waals surface area contributed by atoms with Crippen molar-refractivity contribution in [2.75, 3.05) is 26.7 Å². The lowest BCUT2D eigenvalue weighted by atomic mass is 9.90. The zero-order valence-electron chi connectivity index (χ0n) is 26.2. The minimum Gasteiger partial charge on any atom is -0.372 e. The van der Waals surface area contributed by atoms with Gasteiger partial charge in [0, 0.05) is 49.6 Å². The van der Waals surface area contributed by atoms with Crippen LogP contribution in [0.25, 0.3) is 0 Å². The average molecular weight is 558 g/mol. The van der Waals surface area contributed by atoms with Crippen LogP contribution in [0.1, 0.15) is 92.9 Å². The van der Waals surface area contributed by atoms with Crippen molar-refractivity contribution in [3.8, 4) is 0 Å². The summed E-state index contributed by atoms with van der Waals surface area (Å²) in [6, 6.07) is -0.444. The molecule has 0 spiro atoms. The van der Waals surface area contributed by atoms with Gasteiger partial charge in [-0.25, -0.2) is 0 Å². The Hall–Kier alpha value is -3.03. The highest BCUT2D eigenvalue weighted by molar-refractivity contribution is 6.26. The number of carbonyl (C=O) groups is 1. The Kier molecular flexibility index (Phi) is 21.0. The summed E-state index contributed by atoms with van der Waals surface area (Å²) < 4.78 is 0. The number of likely N-dealkylation sites (tertiary alicyclic amines) is 1. The third kappa shape index (κ3) is 13.9. The number of rotatable bonds is 9. The van der Waals surface area contributed by atoms with Crippen molar-refractivity contribution in [3.63, 3.8) is 0 Å². The highest BCUT2D eigenvalue weighted by Crippen LogP contribution is 2.25. The molecule has 0 bridgehead atoms. The fraction of sp³-hybridized carbons (Fsp3) is 0.656. The molecule has 3 aliphatic rings. The molecule has 40 heavy (non-hydrogen) atoms. The van der Waals surface area contributed by atoms with E-state index in [9.17, 15) is 14.9 Å². The Labute approximate surface area is 243 Å². The maximum Gasteiger partial charge on any atom is 0.262 e. The van der Waals surface area contributed by atoms with Gasteiger partial charge in [0.05, 0.1) is 12.3 Å². The predicted octanol–water partition coefficient (Wildman–Crippen LogP) is 6.97. The number of nitrogens with one attached hydrogen (secondary N) is 1. The smallest absolute Gasteiger partial charge is 0.262 e. The molecule has 2 aliphatic carbocycles. The normalized spacial score (nSPS) is 20.9. The molecule has 0 aromatic heterocycles. The monoisotopic (exact) mass is 557 g/mol. The number of nitrogens with zero attached hydrogens (tertiary/aromatic N) is 4. The second kappa shape index (κ2) is 22.8. The molecule has 8 nitrogen and oxygen atoms in total. The molecule has 3 rings (SSSR count). The molecule has 2 unspecified atom stereocenters. The minimum atomic E-state index is -0.606. The number of hydrogen-bond acceptors (Lipinski definition) is 6. The summed E-state index contributed by atoms with van der Waals surface area (Å²) in [7, 11) is 1.61. The maximum absolute atomic E-state index is 11.6. The van der Waals surface area contributed by atoms with Crippen LogP contribution >= 0.6 is 0 Å². The zero-order chi connectivity index (χ0) is 30.3. The van der Waals surface area contributed by atoms with Crippen LogP contribution < -0.4 is 5.32 Å². The van der Waals surface area contributed by atoms with Crippen LogP contribution in [0.5, 0.6) is 0 Å². The number of aliphatic imine (C=N–C) groups is 2. The van der Waals surface area contributed by atoms with Crippen LogP contribution in [0.2, 0.25) is 0 Å². The van der Waals surface area contributed by atoms with Crippen LogP contribution in [0, 0.1) is 16.0 Å². The molecule has 0 aromatic carbocycles. The topological polar surface area (TPSA) is 100 Å². The molecule has 1 N–H and O–H groups in total. The van der Waals surface area contributed by atoms with E-state index in [1.807, 2.05) is 33.8 Å². The van der Waals surface area contributed by atoms with Gasteiger partial charge in [0.15, 0.2) is 0 Å². The Balaban J connectivity index is 0.000000680. The zero-order valence-corrected chi connectivity index (χ0v) is 26.2. The number of nitro groups is 1. The molecular weight excluding hydrogens is 502 g/mol. The SMILES string of the molecule is C=NCC1C=C(N2CCCCC2)C=CC([N+](=O)[O-])C1.CC.CC.CCC[C@H](NC(=O)C=NC)C1=C(C)C=CCC1. The first-order valence-corrected chi connectivity index (χ1v) is 15.2. The van der Waals surface area contributed by atoms with Crippen LogP contribution in [-0.4, -0.2) is 67.4 Å². The number of piperidine rings is 1. The summed E-state index contributed by atoms with van der Waals surface area (Å²) in [5.41, 5.74) is 3.79. The summed E-state index contributed by atoms with van der Waals surface area (Å²) >= 11 is 0. The van der Waals surface area contributed by atoms with E-state index in [0.29, 0.717) is 13.0 Å². The van der Waals surface area contributed by atoms with Gasteiger partial charge in [-0.3, -0.25) is 19.9 Å². The molecular formula is C32H55N5O3. The highest BCUT2D eigenvalue weighted by atomic mass is 16.6. The van der Waals surface area contributed by atoms with Crippen LogP contribution in [0.4, 0.5) is 0 Å². The van der Waals surface area contributed by atoms with E-state index in [1.165, 1.54) is 36.6 Å². The van der Waals surface area contributed by atoms with E-state index in [0.717, 1.165) is 44.5 Å². The molecule has 1 fully saturated rings. The molecule has 226 valence electrons. The van der Waals surface area contributed by atoms with Crippen molar-refractivity contribution >= 4 is 18.8 Å². The lowest BCUT2D eigenvalue weighted by molar-refractivity contribution is -0.511. The number of allylic oxidation sites excluding steroid dienone is 4. The fourth-order valence-corrected chi connectivity index (χ4v) is 4.98. The Bertz CT molecular complexity index is 898. The highest BCUT2D eigenvalue weighted by Gasteiger charge is 2.25. The van der Waals surface area contributed by atoms with Crippen LogP contribution in [0.15, 0.2) is 57.2 Å². The second-order valence-electron chi connectivity index (χ2n) is 9.64. The molecule has 1 saturated heterocycles. The van der Waals surface area contributed by atoms with Gasteiger partial charge in [0.2, 0.25) is 6.04 Å². The van der Waals surface area contributed by atoms with Gasteiger partial charge < -0.3 is 15.2 Å². The van der Waals surface area contributed by atoms with E-state index in [4.69, 9.17) is 0 Å². The van der Waals surface area contributed by atoms with Crippen molar-refractivity contribution in [3.05, 3.63) is 57.3 Å². The van der Waals surface area contributed by atoms with Gasteiger partial charge >= 0.3 is 0 Å². The Morgan fingerprint density at radius 2 is 1.90 bits per heavy atom. The van der Waals surface area contributed by atoms with E-state index >= 15 is 0 Å². The first-order chi connectivity index (χ1) is 19.4. The van der Waals surface area contributed by atoms with Crippen molar-refractivity contribution < 1.29 is 9.72 Å². The van der Waals surface area contributed by atoms with Gasteiger partial charge in [0.25, 0.3) is 5.91 Å². The van der Waals surface area contributed by atoms with Gasteiger partial charge in [-0.2, -0.15) is 0 Å². The molecule has 0 radical (unpaired) electrons. The largest absolute Gasteiger partial charge is 0.372 e. The minimum absolute atomic E-state index is 0.0965. The molecule has 0 aromatic rings. The molecule has 1 heterocycles. The number of hydrogen-bond donors (Lipinski definition) is 1. The van der Waals surface area contributed by atoms with Gasteiger partial charge in [-0.15, -0.1) is 0 Å². The first kappa shape index (κ1) is 37.0. The summed E-state index contributed by atoms with van der Waals surface area (Å²) in [6.07, 6.45) is 19.9. The Morgan fingerprint density at radius 1 is 1.23 bits per heavy atom. The lowest BCUT2D eigenvalue weighted by Gasteiger charge is -2.30. The third-order valence-corrected chi connectivity index (χ3v) is 6.81. The quantitative estimate of drug-likeness (QED) is 0.188. The lowest BCUT2D eigenvalue weighted by Crippen LogP contribution is -2.37. The van der Waals surface area contributed by atoms with Crippen molar-refractivity contribution in [2.24, 2.45) is 15.9 Å². The summed E-state index contributed by atoms with van der Waals surface area (Å²) in [5.74, 6) is 0.0145. The van der Waals surface area contributed by atoms with E-state index in [1.54, 1.807) is 13.1 Å². The van der Waals surface area contributed by atoms with Gasteiger partial charge in [0.1, 0.15) is 0 Å². The third-order valence-electron chi connectivity index (χ3n) is 6.81. The summed E-state index contributed by atoms with van der Waals surface area (Å²) in [5, 5.41) is 14.1. The summed E-state index contributed by atoms with van der Waals surface area (Å²) in [6.45, 7) is 18.4. The van der Waals surface area contributed by atoms with E-state index in [-0.39, 0.29) is 22.8 Å². The first-order valence-electron chi connectivity index (χ1n) is 15.2. The maximum atomic E-state index is 11.6. The van der Waals surface area contributed by atoms with Crippen molar-refractivity contribution in [2.45, 2.75) is 105 Å². The Morgan fingerprint density at radius 3 is 2.45 bits per heavy atom. The molecule has 3 atom stereocenters. The van der Waals surface area contributed by atoms with Gasteiger partial charge in [-0.05, 0) is 69.9 Å². The molecule has 1 aliphatic heterocycles. The van der Waals surface area contributed by atoms with Crippen molar-refractivity contribution in [1.82, 2.24) is 10.2 Å². The number of carbonyl (C=O) groups excluding carboxylic acids is 1. The molecule has 8 heteroatoms. The summed E-state index contributed by atoms with van der Waals surface area (Å²) in [4.78, 5) is 32.4.